The summed E-state index contributed by atoms with van der Waals surface area (Å²) in [6.45, 7) is 5.59. The van der Waals surface area contributed by atoms with Crippen molar-refractivity contribution >= 4 is 23.6 Å². The number of carbonyl (C=O) groups is 2. The number of amides is 1. The van der Waals surface area contributed by atoms with Gasteiger partial charge in [-0.3, -0.25) is 4.79 Å². The molecule has 0 aliphatic carbocycles. The molecule has 1 saturated heterocycles. The first-order valence-corrected chi connectivity index (χ1v) is 8.56. The molecule has 1 amide bonds. The molecule has 2 rings (SSSR count). The molecule has 22 heavy (non-hydrogen) atoms. The quantitative estimate of drug-likeness (QED) is 0.862. The summed E-state index contributed by atoms with van der Waals surface area (Å²) in [7, 11) is 0. The van der Waals surface area contributed by atoms with E-state index < -0.39 is 11.5 Å². The SMILES string of the molecule is Cc1noc(C)c1C(C)CC(=O)NC1(C(=O)O)CCSCC1. The van der Waals surface area contributed by atoms with Crippen LogP contribution in [0.2, 0.25) is 0 Å². The molecule has 7 heteroatoms. The van der Waals surface area contributed by atoms with Crippen molar-refractivity contribution in [2.45, 2.75) is 51.5 Å². The van der Waals surface area contributed by atoms with Gasteiger partial charge in [0.2, 0.25) is 5.91 Å². The molecule has 1 unspecified atom stereocenters. The Morgan fingerprint density at radius 3 is 2.55 bits per heavy atom. The number of carboxylic acids is 1. The van der Waals surface area contributed by atoms with Crippen molar-refractivity contribution in [3.8, 4) is 0 Å². The van der Waals surface area contributed by atoms with Gasteiger partial charge in [-0.25, -0.2) is 4.79 Å². The van der Waals surface area contributed by atoms with Crippen LogP contribution in [0.15, 0.2) is 4.52 Å². The smallest absolute Gasteiger partial charge is 0.329 e. The zero-order valence-electron chi connectivity index (χ0n) is 13.1. The van der Waals surface area contributed by atoms with E-state index in [1.807, 2.05) is 20.8 Å². The largest absolute Gasteiger partial charge is 0.480 e. The lowest BCUT2D eigenvalue weighted by Gasteiger charge is -2.34. The summed E-state index contributed by atoms with van der Waals surface area (Å²) in [6.07, 6.45) is 1.17. The lowest BCUT2D eigenvalue weighted by atomic mass is 9.90. The van der Waals surface area contributed by atoms with Gasteiger partial charge in [0, 0.05) is 12.0 Å². The van der Waals surface area contributed by atoms with Crippen molar-refractivity contribution in [3.63, 3.8) is 0 Å². The van der Waals surface area contributed by atoms with Gasteiger partial charge >= 0.3 is 5.97 Å². The molecule has 2 heterocycles. The fourth-order valence-corrected chi connectivity index (χ4v) is 4.19. The average Bonchev–Trinajstić information content (AvgIpc) is 2.78. The van der Waals surface area contributed by atoms with Crippen molar-refractivity contribution in [1.82, 2.24) is 10.5 Å². The van der Waals surface area contributed by atoms with E-state index in [1.54, 1.807) is 11.8 Å². The molecule has 1 aliphatic rings. The minimum absolute atomic E-state index is 0.0601. The van der Waals surface area contributed by atoms with E-state index in [9.17, 15) is 14.7 Å². The van der Waals surface area contributed by atoms with Crippen LogP contribution in [0.3, 0.4) is 0 Å². The second-order valence-electron chi connectivity index (χ2n) is 5.89. The fourth-order valence-electron chi connectivity index (χ4n) is 3.00. The van der Waals surface area contributed by atoms with Gasteiger partial charge in [0.15, 0.2) is 0 Å². The summed E-state index contributed by atoms with van der Waals surface area (Å²) < 4.78 is 5.13. The van der Waals surface area contributed by atoms with E-state index in [0.29, 0.717) is 18.6 Å². The van der Waals surface area contributed by atoms with Crippen LogP contribution in [0.5, 0.6) is 0 Å². The summed E-state index contributed by atoms with van der Waals surface area (Å²) in [6, 6.07) is 0. The Morgan fingerprint density at radius 1 is 1.41 bits per heavy atom. The second-order valence-corrected chi connectivity index (χ2v) is 7.12. The van der Waals surface area contributed by atoms with Crippen LogP contribution >= 0.6 is 11.8 Å². The molecule has 1 aromatic heterocycles. The van der Waals surface area contributed by atoms with E-state index in [1.165, 1.54) is 0 Å². The van der Waals surface area contributed by atoms with Crippen LogP contribution in [0.25, 0.3) is 0 Å². The predicted octanol–water partition coefficient (Wildman–Crippen LogP) is 2.25. The van der Waals surface area contributed by atoms with E-state index in [4.69, 9.17) is 4.52 Å². The van der Waals surface area contributed by atoms with Crippen LogP contribution < -0.4 is 5.32 Å². The highest BCUT2D eigenvalue weighted by molar-refractivity contribution is 7.99. The molecule has 1 aliphatic heterocycles. The number of rotatable bonds is 5. The van der Waals surface area contributed by atoms with E-state index in [-0.39, 0.29) is 18.2 Å². The number of thioether (sulfide) groups is 1. The minimum atomic E-state index is -1.11. The number of aryl methyl sites for hydroxylation is 2. The number of nitrogens with zero attached hydrogens (tertiary/aromatic N) is 1. The van der Waals surface area contributed by atoms with Crippen molar-refractivity contribution in [1.29, 1.82) is 0 Å². The molecule has 0 bridgehead atoms. The molecule has 0 aromatic carbocycles. The van der Waals surface area contributed by atoms with Crippen molar-refractivity contribution in [3.05, 3.63) is 17.0 Å². The molecular weight excluding hydrogens is 304 g/mol. The molecule has 1 atom stereocenters. The van der Waals surface area contributed by atoms with Gasteiger partial charge in [-0.1, -0.05) is 12.1 Å². The van der Waals surface area contributed by atoms with Gasteiger partial charge in [-0.15, -0.1) is 0 Å². The molecule has 2 N–H and O–H groups in total. The van der Waals surface area contributed by atoms with Gasteiger partial charge in [-0.05, 0) is 44.1 Å². The molecule has 122 valence electrons. The van der Waals surface area contributed by atoms with Gasteiger partial charge in [-0.2, -0.15) is 11.8 Å². The van der Waals surface area contributed by atoms with Gasteiger partial charge in [0.25, 0.3) is 0 Å². The summed E-state index contributed by atoms with van der Waals surface area (Å²) in [4.78, 5) is 23.9. The van der Waals surface area contributed by atoms with Crippen molar-refractivity contribution in [2.24, 2.45) is 0 Å². The zero-order chi connectivity index (χ0) is 16.3. The lowest BCUT2D eigenvalue weighted by Crippen LogP contribution is -2.56. The Bertz CT molecular complexity index is 544. The molecular formula is C15H22N2O4S. The number of hydrogen-bond acceptors (Lipinski definition) is 5. The summed E-state index contributed by atoms with van der Waals surface area (Å²) >= 11 is 1.72. The van der Waals surface area contributed by atoms with Crippen molar-refractivity contribution in [2.75, 3.05) is 11.5 Å². The third-order valence-electron chi connectivity index (χ3n) is 4.21. The second kappa shape index (κ2) is 6.73. The number of carboxylic acid groups (broad SMARTS) is 1. The Morgan fingerprint density at radius 2 is 2.05 bits per heavy atom. The number of aliphatic carboxylic acids is 1. The summed E-state index contributed by atoms with van der Waals surface area (Å²) in [5.74, 6) is 0.987. The highest BCUT2D eigenvalue weighted by atomic mass is 32.2. The molecule has 6 nitrogen and oxygen atoms in total. The average molecular weight is 326 g/mol. The van der Waals surface area contributed by atoms with Gasteiger partial charge in [0.05, 0.1) is 5.69 Å². The first kappa shape index (κ1) is 16.9. The van der Waals surface area contributed by atoms with Crippen LogP contribution in [-0.4, -0.2) is 39.2 Å². The Kier molecular flexibility index (Phi) is 5.16. The molecule has 0 saturated carbocycles. The third-order valence-corrected chi connectivity index (χ3v) is 5.19. The minimum Gasteiger partial charge on any atom is -0.480 e. The predicted molar refractivity (Wildman–Crippen MR) is 84.1 cm³/mol. The number of hydrogen-bond donors (Lipinski definition) is 2. The monoisotopic (exact) mass is 326 g/mol. The van der Waals surface area contributed by atoms with E-state index in [0.717, 1.165) is 22.8 Å². The summed E-state index contributed by atoms with van der Waals surface area (Å²) in [5.41, 5.74) is 0.597. The number of nitrogens with one attached hydrogen (secondary N) is 1. The molecule has 1 fully saturated rings. The lowest BCUT2D eigenvalue weighted by molar-refractivity contribution is -0.148. The Labute approximate surface area is 134 Å². The maximum absolute atomic E-state index is 12.3. The first-order valence-electron chi connectivity index (χ1n) is 7.40. The molecule has 0 spiro atoms. The summed E-state index contributed by atoms with van der Waals surface area (Å²) in [5, 5.41) is 16.2. The molecule has 1 aromatic rings. The molecule has 0 radical (unpaired) electrons. The standard InChI is InChI=1S/C15H22N2O4S/c1-9(13-10(2)17-21-11(13)3)8-12(18)16-15(14(19)20)4-6-22-7-5-15/h9H,4-8H2,1-3H3,(H,16,18)(H,19,20). The number of carbonyl (C=O) groups excluding carboxylic acids is 1. The zero-order valence-corrected chi connectivity index (χ0v) is 14.0. The van der Waals surface area contributed by atoms with Crippen LogP contribution in [0.4, 0.5) is 0 Å². The normalized spacial score (nSPS) is 18.7. The van der Waals surface area contributed by atoms with Crippen molar-refractivity contribution < 1.29 is 19.2 Å². The van der Waals surface area contributed by atoms with Crippen LogP contribution in [0.1, 0.15) is 49.1 Å². The third kappa shape index (κ3) is 3.45. The first-order chi connectivity index (χ1) is 10.4. The maximum atomic E-state index is 12.3. The Hall–Kier alpha value is -1.50. The van der Waals surface area contributed by atoms with Crippen LogP contribution in [0, 0.1) is 13.8 Å². The fraction of sp³-hybridized carbons (Fsp3) is 0.667. The van der Waals surface area contributed by atoms with Gasteiger partial charge in [0.1, 0.15) is 11.3 Å². The topological polar surface area (TPSA) is 92.4 Å². The van der Waals surface area contributed by atoms with Gasteiger partial charge < -0.3 is 14.9 Å². The van der Waals surface area contributed by atoms with E-state index in [2.05, 4.69) is 10.5 Å². The number of aromatic nitrogens is 1. The van der Waals surface area contributed by atoms with E-state index >= 15 is 0 Å². The maximum Gasteiger partial charge on any atom is 0.329 e. The Balaban J connectivity index is 2.04. The van der Waals surface area contributed by atoms with Crippen LogP contribution in [-0.2, 0) is 9.59 Å². The highest BCUT2D eigenvalue weighted by Crippen LogP contribution is 2.29. The highest BCUT2D eigenvalue weighted by Gasteiger charge is 2.41.